The van der Waals surface area contributed by atoms with Crippen LogP contribution in [0.3, 0.4) is 0 Å². The predicted octanol–water partition coefficient (Wildman–Crippen LogP) is 2.40. The van der Waals surface area contributed by atoms with E-state index in [4.69, 9.17) is 24.7 Å². The summed E-state index contributed by atoms with van der Waals surface area (Å²) in [5.74, 6) is -8.82. The molecule has 0 saturated carbocycles. The number of aliphatic carboxylic acids is 2. The molecule has 2 aliphatic heterocycles. The van der Waals surface area contributed by atoms with Gasteiger partial charge in [-0.15, -0.1) is 0 Å². The van der Waals surface area contributed by atoms with E-state index in [1.165, 1.54) is 41.7 Å². The minimum atomic E-state index is -2.50. The lowest BCUT2D eigenvalue weighted by molar-refractivity contribution is -0.310. The summed E-state index contributed by atoms with van der Waals surface area (Å²) in [6, 6.07) is 35.5. The van der Waals surface area contributed by atoms with Crippen molar-refractivity contribution in [2.75, 3.05) is 68.1 Å². The maximum absolute atomic E-state index is 13.0. The molecule has 0 radical (unpaired) electrons. The first-order valence-corrected chi connectivity index (χ1v) is 31.9. The zero-order chi connectivity index (χ0) is 65.7. The Labute approximate surface area is 533 Å². The molecule has 5 aromatic rings. The van der Waals surface area contributed by atoms with Crippen LogP contribution in [0, 0.1) is 0 Å². The van der Waals surface area contributed by atoms with Crippen LogP contribution in [0.1, 0.15) is 80.5 Å². The van der Waals surface area contributed by atoms with Crippen molar-refractivity contribution < 1.29 is 93.4 Å². The zero-order valence-corrected chi connectivity index (χ0v) is 51.5. The quantitative estimate of drug-likeness (QED) is 0.0212. The molecule has 27 heteroatoms. The topological polar surface area (TPSA) is 404 Å². The molecule has 2 heterocycles. The number of nitrogens with one attached hydrogen (secondary N) is 5. The molecule has 11 atom stereocenters. The van der Waals surface area contributed by atoms with E-state index in [1.807, 2.05) is 60.7 Å². The van der Waals surface area contributed by atoms with Crippen molar-refractivity contribution in [1.29, 1.82) is 0 Å². The molecule has 7 rings (SSSR count). The highest BCUT2D eigenvalue weighted by Gasteiger charge is 2.56. The van der Waals surface area contributed by atoms with E-state index < -0.39 is 134 Å². The Morgan fingerprint density at radius 2 is 1.02 bits per heavy atom. The largest absolute Gasteiger partial charge is 0.477 e. The molecule has 91 heavy (non-hydrogen) atoms. The molecule has 2 saturated heterocycles. The van der Waals surface area contributed by atoms with E-state index in [9.17, 15) is 74.4 Å². The summed E-state index contributed by atoms with van der Waals surface area (Å²) in [7, 11) is 0. The fraction of sp³-hybridized carbons (Fsp3) is 0.422. The number of nitrogen functional groups attached to an aromatic ring is 1. The van der Waals surface area contributed by atoms with Crippen LogP contribution in [-0.4, -0.2) is 211 Å². The number of amides is 5. The Balaban J connectivity index is 0.762. The summed E-state index contributed by atoms with van der Waals surface area (Å²) in [4.78, 5) is 89.2. The third kappa shape index (κ3) is 20.0. The van der Waals surface area contributed by atoms with Gasteiger partial charge >= 0.3 is 11.9 Å². The molecule has 5 aromatic carbocycles. The van der Waals surface area contributed by atoms with Crippen molar-refractivity contribution in [3.8, 4) is 22.3 Å². The van der Waals surface area contributed by atoms with Gasteiger partial charge in [0, 0.05) is 86.2 Å². The Hall–Kier alpha value is -7.51. The molecule has 5 amide bonds. The molecule has 0 aliphatic carbocycles. The van der Waals surface area contributed by atoms with Crippen molar-refractivity contribution >= 4 is 70.7 Å². The highest BCUT2D eigenvalue weighted by Crippen LogP contribution is 2.35. The third-order valence-corrected chi connectivity index (χ3v) is 17.2. The van der Waals surface area contributed by atoms with Crippen molar-refractivity contribution in [2.45, 2.75) is 105 Å². The van der Waals surface area contributed by atoms with Crippen LogP contribution in [0.25, 0.3) is 22.3 Å². The molecule has 2 aliphatic rings. The lowest BCUT2D eigenvalue weighted by atomic mass is 9.88. The smallest absolute Gasteiger partial charge is 0.364 e. The number of hydrogen-bond donors (Lipinski definition) is 14. The van der Waals surface area contributed by atoms with Gasteiger partial charge < -0.3 is 92.1 Å². The molecular weight excluding hydrogens is 1220 g/mol. The molecule has 0 bridgehead atoms. The van der Waals surface area contributed by atoms with Gasteiger partial charge in [0.05, 0.1) is 55.3 Å². The molecule has 0 spiro atoms. The number of aliphatic hydroxyl groups excluding tert-OH is 6. The summed E-state index contributed by atoms with van der Waals surface area (Å²) < 4.78 is 23.0. The Bertz CT molecular complexity index is 3230. The lowest BCUT2D eigenvalue weighted by Gasteiger charge is -2.46. The highest BCUT2D eigenvalue weighted by atomic mass is 32.2. The number of thioether (sulfide) groups is 2. The third-order valence-electron chi connectivity index (χ3n) is 15.1. The van der Waals surface area contributed by atoms with E-state index in [2.05, 4.69) is 26.6 Å². The molecule has 2 fully saturated rings. The first-order valence-electron chi connectivity index (χ1n) is 29.5. The molecule has 15 N–H and O–H groups in total. The Kier molecular flexibility index (Phi) is 26.7. The number of rotatable bonds is 33. The normalized spacial score (nSPS) is 21.9. The number of ether oxygens (including phenoxy) is 4. The predicted molar refractivity (Wildman–Crippen MR) is 338 cm³/mol. The Morgan fingerprint density at radius 1 is 0.571 bits per heavy atom. The first kappa shape index (κ1) is 70.9. The van der Waals surface area contributed by atoms with Gasteiger partial charge in [-0.3, -0.25) is 24.0 Å². The van der Waals surface area contributed by atoms with Gasteiger partial charge in [0.25, 0.3) is 35.2 Å². The summed E-state index contributed by atoms with van der Waals surface area (Å²) >= 11 is 2.84. The number of hydrogen-bond acceptors (Lipinski definition) is 20. The second-order valence-electron chi connectivity index (χ2n) is 21.8. The van der Waals surface area contributed by atoms with Crippen LogP contribution in [-0.2, 0) is 33.3 Å². The van der Waals surface area contributed by atoms with Gasteiger partial charge in [0.15, 0.2) is 0 Å². The maximum Gasteiger partial charge on any atom is 0.364 e. The fourth-order valence-corrected chi connectivity index (χ4v) is 11.8. The summed E-state index contributed by atoms with van der Waals surface area (Å²) in [6.07, 6.45) is -13.5. The van der Waals surface area contributed by atoms with Gasteiger partial charge in [-0.1, -0.05) is 84.9 Å². The van der Waals surface area contributed by atoms with E-state index >= 15 is 0 Å². The minimum absolute atomic E-state index is 0.0586. The number of carboxylic acids is 2. The van der Waals surface area contributed by atoms with Crippen LogP contribution in [0.5, 0.6) is 0 Å². The molecular formula is C64H78N6O19S2. The second kappa shape index (κ2) is 34.2. The maximum atomic E-state index is 13.0. The number of aliphatic hydroxyl groups is 6. The van der Waals surface area contributed by atoms with Crippen molar-refractivity contribution in [1.82, 2.24) is 26.6 Å². The minimum Gasteiger partial charge on any atom is -0.477 e. The van der Waals surface area contributed by atoms with Gasteiger partial charge in [-0.2, -0.15) is 23.5 Å². The SMILES string of the molecule is CC(=O)N[C@H]1[C@H]([C@H](O)[C@H](O)CNC(=O)c2ccc(-c3ccccc3)cc2)O[C@@](OCCCSCCNC(=O)c2ccc(C(=O)NCCSCCCO[C@]3(C(=O)O)C[C@H](O)C[C@H]([C@H](O)[C@H](O)CNC(=O)c4ccc(-c5ccccc5)cc4)O3)cc2N)(C(=O)O)C[C@@H]1O. The standard InChI is InChI=1S/C64H78N6O19S2/c1-38(71)70-53-49(73)35-64(62(84)85,89-56(53)55(77)51(75)37-69-58(79)44-20-16-42(17-21-44)40-12-6-3-7-13-40)87-27-9-29-91-31-25-67-60(81)47-23-22-45(32-48(47)65)59(80)66-24-30-90-28-8-26-86-63(61(82)83)34-46(72)33-52(88-63)54(76)50(74)36-68-57(78)43-18-14-41(15-19-43)39-10-4-2-5-11-39/h2-7,10-23,32,46,49-56,72-77H,8-9,24-31,33-37,65H2,1H3,(H,66,80)(H,67,81)(H,68,78)(H,69,79)(H,70,71)(H,82,83)(H,84,85)/t46-,49+,50-,51-,52-,53-,54-,55-,56-,63-,64-/m1/s1. The van der Waals surface area contributed by atoms with E-state index in [1.54, 1.807) is 48.5 Å². The van der Waals surface area contributed by atoms with E-state index in [0.717, 1.165) is 29.2 Å². The van der Waals surface area contributed by atoms with Crippen LogP contribution < -0.4 is 32.3 Å². The molecule has 25 nitrogen and oxygen atoms in total. The zero-order valence-electron chi connectivity index (χ0n) is 49.9. The van der Waals surface area contributed by atoms with Crippen LogP contribution in [0.2, 0.25) is 0 Å². The highest BCUT2D eigenvalue weighted by molar-refractivity contribution is 7.99. The number of carbonyl (C=O) groups excluding carboxylic acids is 5. The second-order valence-corrected chi connectivity index (χ2v) is 24.3. The summed E-state index contributed by atoms with van der Waals surface area (Å²) in [5.41, 5.74) is 10.9. The number of anilines is 1. The molecule has 490 valence electrons. The molecule has 0 aromatic heterocycles. The number of nitrogens with two attached hydrogens (primary N) is 1. The number of carbonyl (C=O) groups is 7. The number of benzene rings is 5. The molecule has 0 unspecified atom stereocenters. The average Bonchev–Trinajstić information content (AvgIpc) is 0.797. The Morgan fingerprint density at radius 3 is 1.51 bits per heavy atom. The average molecular weight is 1300 g/mol. The lowest BCUT2D eigenvalue weighted by Crippen LogP contribution is -2.68. The van der Waals surface area contributed by atoms with Crippen LogP contribution in [0.4, 0.5) is 5.69 Å². The van der Waals surface area contributed by atoms with Gasteiger partial charge in [-0.05, 0) is 89.1 Å². The van der Waals surface area contributed by atoms with Crippen molar-refractivity contribution in [3.05, 3.63) is 150 Å². The van der Waals surface area contributed by atoms with Crippen LogP contribution >= 0.6 is 23.5 Å². The summed E-state index contributed by atoms with van der Waals surface area (Å²) in [6.45, 7) is 0.403. The summed E-state index contributed by atoms with van der Waals surface area (Å²) in [5, 5.41) is 99.4. The van der Waals surface area contributed by atoms with Gasteiger partial charge in [0.1, 0.15) is 18.3 Å². The van der Waals surface area contributed by atoms with Gasteiger partial charge in [-0.25, -0.2) is 9.59 Å². The van der Waals surface area contributed by atoms with Crippen LogP contribution in [0.15, 0.2) is 127 Å². The monoisotopic (exact) mass is 1300 g/mol. The van der Waals surface area contributed by atoms with E-state index in [0.29, 0.717) is 35.0 Å². The first-order chi connectivity index (χ1) is 43.6. The van der Waals surface area contributed by atoms with Crippen molar-refractivity contribution in [2.24, 2.45) is 0 Å². The fourth-order valence-electron chi connectivity index (χ4n) is 10.2. The van der Waals surface area contributed by atoms with E-state index in [-0.39, 0.29) is 61.5 Å². The van der Waals surface area contributed by atoms with Crippen molar-refractivity contribution in [3.63, 3.8) is 0 Å². The van der Waals surface area contributed by atoms with Gasteiger partial charge in [0.2, 0.25) is 5.91 Å². The number of carboxylic acid groups (broad SMARTS) is 2.